The molecule has 4 aromatic rings. The highest BCUT2D eigenvalue weighted by Crippen LogP contribution is 2.27. The third-order valence-electron chi connectivity index (χ3n) is 6.71. The number of pyridine rings is 1. The summed E-state index contributed by atoms with van der Waals surface area (Å²) >= 11 is 0. The molecule has 4 aromatic heterocycles. The van der Waals surface area contributed by atoms with Crippen LogP contribution < -0.4 is 5.69 Å². The van der Waals surface area contributed by atoms with Gasteiger partial charge in [0.1, 0.15) is 11.9 Å². The third kappa shape index (κ3) is 4.43. The molecule has 1 unspecified atom stereocenters. The second-order valence-corrected chi connectivity index (χ2v) is 9.40. The number of carbonyl (C=O) groups is 1. The van der Waals surface area contributed by atoms with E-state index >= 15 is 0 Å². The quantitative estimate of drug-likeness (QED) is 0.389. The number of carbonyl (C=O) groups excluding carboxylic acids is 1. The number of imidazole rings is 1. The first kappa shape index (κ1) is 24.2. The predicted molar refractivity (Wildman–Crippen MR) is 134 cm³/mol. The SMILES string of the molecule is CN(C)CCn1c(=O)n(C2CCCN(C(=O)CC#N)C2)c2nc(-c3cnn4ccc(C#N)cc34)ncc21. The summed E-state index contributed by atoms with van der Waals surface area (Å²) in [6.45, 7) is 2.02. The van der Waals surface area contributed by atoms with E-state index in [4.69, 9.17) is 10.2 Å². The summed E-state index contributed by atoms with van der Waals surface area (Å²) in [5, 5.41) is 22.7. The molecule has 1 aliphatic rings. The number of nitrogens with zero attached hydrogens (tertiary/aromatic N) is 10. The minimum Gasteiger partial charge on any atom is -0.340 e. The summed E-state index contributed by atoms with van der Waals surface area (Å²) in [4.78, 5) is 39.2. The van der Waals surface area contributed by atoms with Crippen LogP contribution in [0.1, 0.15) is 30.9 Å². The molecule has 12 heteroatoms. The Kier molecular flexibility index (Phi) is 6.42. The van der Waals surface area contributed by atoms with E-state index in [0.717, 1.165) is 6.42 Å². The van der Waals surface area contributed by atoms with Crippen LogP contribution in [0.2, 0.25) is 0 Å². The summed E-state index contributed by atoms with van der Waals surface area (Å²) in [6.07, 6.45) is 6.26. The Hall–Kier alpha value is -4.55. The van der Waals surface area contributed by atoms with Gasteiger partial charge in [0.25, 0.3) is 0 Å². The van der Waals surface area contributed by atoms with Crippen molar-refractivity contribution in [2.45, 2.75) is 31.8 Å². The van der Waals surface area contributed by atoms with E-state index in [1.54, 1.807) is 49.3 Å². The Morgan fingerprint density at radius 1 is 1.24 bits per heavy atom. The fourth-order valence-electron chi connectivity index (χ4n) is 4.83. The summed E-state index contributed by atoms with van der Waals surface area (Å²) in [6, 6.07) is 7.19. The highest BCUT2D eigenvalue weighted by Gasteiger charge is 2.29. The number of likely N-dealkylation sites (N-methyl/N-ethyl adjacent to an activating group) is 1. The topological polar surface area (TPSA) is 141 Å². The first-order chi connectivity index (χ1) is 17.9. The fraction of sp³-hybridized carbons (Fsp3) is 0.400. The zero-order valence-electron chi connectivity index (χ0n) is 20.7. The molecule has 1 aliphatic heterocycles. The van der Waals surface area contributed by atoms with Crippen molar-refractivity contribution >= 4 is 22.6 Å². The molecular weight excluding hydrogens is 472 g/mol. The van der Waals surface area contributed by atoms with E-state index in [-0.39, 0.29) is 24.1 Å². The summed E-state index contributed by atoms with van der Waals surface area (Å²) in [7, 11) is 3.89. The maximum atomic E-state index is 13.7. The largest absolute Gasteiger partial charge is 0.340 e. The van der Waals surface area contributed by atoms with Gasteiger partial charge in [-0.15, -0.1) is 0 Å². The predicted octanol–water partition coefficient (Wildman–Crippen LogP) is 1.42. The standard InChI is InChI=1S/C25H26N10O2/c1-31(2)10-11-33-21-15-28-23(19-14-29-34-9-6-17(13-27)12-20(19)34)30-24(21)35(25(33)37)18-4-3-8-32(16-18)22(36)5-7-26/h6,9,12,14-15,18H,3-5,8,10-11,16H2,1-2H3. The van der Waals surface area contributed by atoms with Crippen molar-refractivity contribution in [3.05, 3.63) is 46.8 Å². The molecule has 5 heterocycles. The van der Waals surface area contributed by atoms with E-state index in [2.05, 4.69) is 16.2 Å². The lowest BCUT2D eigenvalue weighted by Gasteiger charge is -2.32. The number of nitriles is 2. The third-order valence-corrected chi connectivity index (χ3v) is 6.71. The Balaban J connectivity index is 1.64. The molecule has 1 fully saturated rings. The van der Waals surface area contributed by atoms with E-state index in [1.165, 1.54) is 0 Å². The van der Waals surface area contributed by atoms with Gasteiger partial charge in [-0.1, -0.05) is 0 Å². The van der Waals surface area contributed by atoms with Crippen LogP contribution in [-0.2, 0) is 11.3 Å². The Bertz CT molecular complexity index is 1630. The lowest BCUT2D eigenvalue weighted by molar-refractivity contribution is -0.131. The number of piperidine rings is 1. The molecular formula is C25H26N10O2. The fourth-order valence-corrected chi connectivity index (χ4v) is 4.83. The van der Waals surface area contributed by atoms with Crippen molar-refractivity contribution in [3.63, 3.8) is 0 Å². The summed E-state index contributed by atoms with van der Waals surface area (Å²) in [5.41, 5.74) is 2.73. The van der Waals surface area contributed by atoms with Gasteiger partial charge in [0.2, 0.25) is 5.91 Å². The second kappa shape index (κ2) is 9.84. The van der Waals surface area contributed by atoms with E-state index in [1.807, 2.05) is 25.1 Å². The highest BCUT2D eigenvalue weighted by atomic mass is 16.2. The molecule has 0 radical (unpaired) electrons. The summed E-state index contributed by atoms with van der Waals surface area (Å²) < 4.78 is 5.01. The second-order valence-electron chi connectivity index (χ2n) is 9.40. The molecule has 1 saturated heterocycles. The first-order valence-corrected chi connectivity index (χ1v) is 12.1. The van der Waals surface area contributed by atoms with Crippen molar-refractivity contribution in [3.8, 4) is 23.5 Å². The van der Waals surface area contributed by atoms with Crippen molar-refractivity contribution in [1.82, 2.24) is 38.5 Å². The molecule has 1 amide bonds. The number of rotatable bonds is 6. The maximum Gasteiger partial charge on any atom is 0.330 e. The van der Waals surface area contributed by atoms with Gasteiger partial charge in [0.05, 0.1) is 47.2 Å². The van der Waals surface area contributed by atoms with E-state index in [9.17, 15) is 14.9 Å². The van der Waals surface area contributed by atoms with Crippen LogP contribution in [0.5, 0.6) is 0 Å². The molecule has 0 saturated carbocycles. The zero-order valence-corrected chi connectivity index (χ0v) is 20.7. The molecule has 5 rings (SSSR count). The number of fused-ring (bicyclic) bond motifs is 2. The Morgan fingerprint density at radius 2 is 2.08 bits per heavy atom. The minimum absolute atomic E-state index is 0.183. The van der Waals surface area contributed by atoms with Crippen LogP contribution in [-0.4, -0.2) is 78.2 Å². The van der Waals surface area contributed by atoms with Gasteiger partial charge in [-0.3, -0.25) is 13.9 Å². The van der Waals surface area contributed by atoms with Gasteiger partial charge in [0, 0.05) is 32.4 Å². The molecule has 12 nitrogen and oxygen atoms in total. The number of likely N-dealkylation sites (tertiary alicyclic amines) is 1. The lowest BCUT2D eigenvalue weighted by Crippen LogP contribution is -2.43. The van der Waals surface area contributed by atoms with Crippen molar-refractivity contribution < 1.29 is 4.79 Å². The van der Waals surface area contributed by atoms with Gasteiger partial charge >= 0.3 is 5.69 Å². The van der Waals surface area contributed by atoms with Crippen LogP contribution in [0.15, 0.2) is 35.5 Å². The van der Waals surface area contributed by atoms with Gasteiger partial charge in [-0.05, 0) is 39.1 Å². The van der Waals surface area contributed by atoms with Crippen LogP contribution >= 0.6 is 0 Å². The Morgan fingerprint density at radius 3 is 2.84 bits per heavy atom. The number of aromatic nitrogens is 6. The smallest absolute Gasteiger partial charge is 0.330 e. The highest BCUT2D eigenvalue weighted by molar-refractivity contribution is 5.81. The maximum absolute atomic E-state index is 13.7. The molecule has 1 atom stereocenters. The molecule has 0 bridgehead atoms. The number of amides is 1. The molecule has 37 heavy (non-hydrogen) atoms. The average molecular weight is 499 g/mol. The van der Waals surface area contributed by atoms with Crippen molar-refractivity contribution in [2.24, 2.45) is 0 Å². The average Bonchev–Trinajstić information content (AvgIpc) is 3.44. The van der Waals surface area contributed by atoms with Crippen molar-refractivity contribution in [2.75, 3.05) is 33.7 Å². The van der Waals surface area contributed by atoms with Crippen molar-refractivity contribution in [1.29, 1.82) is 10.5 Å². The monoisotopic (exact) mass is 498 g/mol. The lowest BCUT2D eigenvalue weighted by atomic mass is 10.1. The minimum atomic E-state index is -0.274. The molecule has 0 aromatic carbocycles. The van der Waals surface area contributed by atoms with Gasteiger partial charge in [-0.2, -0.15) is 15.6 Å². The molecule has 0 N–H and O–H groups in total. The van der Waals surface area contributed by atoms with Crippen LogP contribution in [0.3, 0.4) is 0 Å². The van der Waals surface area contributed by atoms with Crippen LogP contribution in [0.25, 0.3) is 28.1 Å². The zero-order chi connectivity index (χ0) is 26.1. The van der Waals surface area contributed by atoms with Crippen LogP contribution in [0, 0.1) is 22.7 Å². The first-order valence-electron chi connectivity index (χ1n) is 12.1. The Labute approximate surface area is 212 Å². The normalized spacial score (nSPS) is 15.8. The van der Waals surface area contributed by atoms with Crippen LogP contribution in [0.4, 0.5) is 0 Å². The number of hydrogen-bond donors (Lipinski definition) is 0. The number of hydrogen-bond acceptors (Lipinski definition) is 8. The summed E-state index contributed by atoms with van der Waals surface area (Å²) in [5.74, 6) is 0.163. The van der Waals surface area contributed by atoms with Gasteiger partial charge < -0.3 is 9.80 Å². The van der Waals surface area contributed by atoms with E-state index in [0.29, 0.717) is 66.2 Å². The van der Waals surface area contributed by atoms with E-state index < -0.39 is 0 Å². The molecule has 188 valence electrons. The van der Waals surface area contributed by atoms with Gasteiger partial charge in [-0.25, -0.2) is 19.3 Å². The molecule has 0 aliphatic carbocycles. The van der Waals surface area contributed by atoms with Gasteiger partial charge in [0.15, 0.2) is 11.5 Å². The molecule has 0 spiro atoms.